The number of nitrogens with two attached hydrogens (primary N) is 1. The molecule has 0 aliphatic carbocycles. The minimum absolute atomic E-state index is 0.342. The number of piperidine rings is 1. The Morgan fingerprint density at radius 1 is 1.15 bits per heavy atom. The van der Waals surface area contributed by atoms with Crippen LogP contribution < -0.4 is 10.6 Å². The summed E-state index contributed by atoms with van der Waals surface area (Å²) >= 11 is 1.48. The summed E-state index contributed by atoms with van der Waals surface area (Å²) in [5.41, 5.74) is 10.1. The number of hydrogen-bond acceptors (Lipinski definition) is 6. The molecule has 3 aromatic rings. The Balaban J connectivity index is 1.32. The van der Waals surface area contributed by atoms with Crippen molar-refractivity contribution in [2.45, 2.75) is 25.8 Å². The highest BCUT2D eigenvalue weighted by atomic mass is 32.1. The maximum atomic E-state index is 11.6. The predicted octanol–water partition coefficient (Wildman–Crippen LogP) is 4.09. The zero-order chi connectivity index (χ0) is 23.2. The Hall–Kier alpha value is -3.46. The van der Waals surface area contributed by atoms with Gasteiger partial charge in [-0.05, 0) is 49.4 Å². The lowest BCUT2D eigenvalue weighted by molar-refractivity contribution is 0.1000. The van der Waals surface area contributed by atoms with E-state index >= 15 is 0 Å². The molecule has 3 heterocycles. The highest BCUT2D eigenvalue weighted by Gasteiger charge is 2.22. The molecule has 1 fully saturated rings. The van der Waals surface area contributed by atoms with Gasteiger partial charge in [-0.25, -0.2) is 14.8 Å². The van der Waals surface area contributed by atoms with E-state index in [1.165, 1.54) is 16.2 Å². The van der Waals surface area contributed by atoms with Crippen LogP contribution in [0.5, 0.6) is 0 Å². The quantitative estimate of drug-likeness (QED) is 0.518. The van der Waals surface area contributed by atoms with Crippen molar-refractivity contribution in [3.63, 3.8) is 0 Å². The summed E-state index contributed by atoms with van der Waals surface area (Å²) < 4.78 is 0. The number of benzene rings is 1. The molecular weight excluding hydrogens is 438 g/mol. The van der Waals surface area contributed by atoms with Crippen LogP contribution in [0.1, 0.15) is 35.3 Å². The van der Waals surface area contributed by atoms with Gasteiger partial charge in [0.05, 0.1) is 23.4 Å². The monoisotopic (exact) mass is 465 g/mol. The largest absolute Gasteiger partial charge is 0.465 e. The molecule has 0 atom stereocenters. The van der Waals surface area contributed by atoms with Crippen molar-refractivity contribution in [1.82, 2.24) is 14.9 Å². The number of hydrogen-bond donors (Lipinski definition) is 2. The molecule has 1 aromatic carbocycles. The number of aromatic nitrogens is 2. The number of amides is 2. The maximum Gasteiger partial charge on any atom is 0.407 e. The Bertz CT molecular complexity index is 1080. The Kier molecular flexibility index (Phi) is 7.19. The summed E-state index contributed by atoms with van der Waals surface area (Å²) in [5, 5.41) is 11.4. The third-order valence-corrected chi connectivity index (χ3v) is 6.69. The summed E-state index contributed by atoms with van der Waals surface area (Å²) in [7, 11) is 0. The van der Waals surface area contributed by atoms with Crippen LogP contribution in [-0.2, 0) is 6.54 Å². The molecule has 33 heavy (non-hydrogen) atoms. The first-order valence-corrected chi connectivity index (χ1v) is 11.9. The summed E-state index contributed by atoms with van der Waals surface area (Å²) in [4.78, 5) is 35.6. The third-order valence-electron chi connectivity index (χ3n) is 6.05. The number of carbonyl (C=O) groups is 2. The van der Waals surface area contributed by atoms with E-state index in [9.17, 15) is 14.7 Å². The standard InChI is InChI=1S/C24H27N5O3S/c25-23(30)19-6-4-18(5-7-19)21-2-1-3-22(27-21)28-11-8-17(9-12-28)10-13-29(24(31)32)14-20-15-33-16-26-20/h1-7,15-17H,8-14H2,(H2,25,30)(H,31,32). The van der Waals surface area contributed by atoms with E-state index in [1.54, 1.807) is 17.6 Å². The zero-order valence-electron chi connectivity index (χ0n) is 18.3. The second-order valence-corrected chi connectivity index (χ2v) is 8.94. The van der Waals surface area contributed by atoms with E-state index in [0.29, 0.717) is 24.6 Å². The second kappa shape index (κ2) is 10.4. The molecule has 172 valence electrons. The molecule has 1 aliphatic rings. The van der Waals surface area contributed by atoms with Crippen molar-refractivity contribution in [3.05, 3.63) is 64.6 Å². The molecular formula is C24H27N5O3S. The topological polar surface area (TPSA) is 113 Å². The molecule has 8 nitrogen and oxygen atoms in total. The first kappa shape index (κ1) is 22.7. The van der Waals surface area contributed by atoms with Gasteiger partial charge in [0.2, 0.25) is 5.91 Å². The van der Waals surface area contributed by atoms with Crippen LogP contribution in [0.25, 0.3) is 11.3 Å². The smallest absolute Gasteiger partial charge is 0.407 e. The van der Waals surface area contributed by atoms with Gasteiger partial charge in [0.1, 0.15) is 5.82 Å². The summed E-state index contributed by atoms with van der Waals surface area (Å²) in [6.07, 6.45) is 1.96. The van der Waals surface area contributed by atoms with E-state index in [-0.39, 0.29) is 0 Å². The third kappa shape index (κ3) is 5.87. The Morgan fingerprint density at radius 3 is 2.55 bits per heavy atom. The van der Waals surface area contributed by atoms with Gasteiger partial charge in [0, 0.05) is 36.1 Å². The molecule has 3 N–H and O–H groups in total. The molecule has 0 spiro atoms. The van der Waals surface area contributed by atoms with Gasteiger partial charge in [-0.3, -0.25) is 4.79 Å². The van der Waals surface area contributed by atoms with Gasteiger partial charge < -0.3 is 20.6 Å². The molecule has 0 bridgehead atoms. The van der Waals surface area contributed by atoms with Crippen LogP contribution in [0, 0.1) is 5.92 Å². The first-order valence-electron chi connectivity index (χ1n) is 11.0. The highest BCUT2D eigenvalue weighted by molar-refractivity contribution is 7.07. The van der Waals surface area contributed by atoms with E-state index in [4.69, 9.17) is 10.7 Å². The minimum Gasteiger partial charge on any atom is -0.465 e. The predicted molar refractivity (Wildman–Crippen MR) is 128 cm³/mol. The summed E-state index contributed by atoms with van der Waals surface area (Å²) in [6.45, 7) is 2.64. The van der Waals surface area contributed by atoms with Gasteiger partial charge in [0.15, 0.2) is 0 Å². The SMILES string of the molecule is NC(=O)c1ccc(-c2cccc(N3CCC(CCN(Cc4cscn4)C(=O)O)CC3)n2)cc1. The number of carbonyl (C=O) groups excluding carboxylic acids is 1. The molecule has 2 aromatic heterocycles. The molecule has 4 rings (SSSR count). The van der Waals surface area contributed by atoms with Crippen LogP contribution in [0.3, 0.4) is 0 Å². The van der Waals surface area contributed by atoms with E-state index in [2.05, 4.69) is 9.88 Å². The molecule has 0 saturated carbocycles. The van der Waals surface area contributed by atoms with Crippen molar-refractivity contribution in [3.8, 4) is 11.3 Å². The van der Waals surface area contributed by atoms with Crippen LogP contribution in [-0.4, -0.2) is 51.6 Å². The summed E-state index contributed by atoms with van der Waals surface area (Å²) in [6, 6.07) is 13.1. The van der Waals surface area contributed by atoms with Gasteiger partial charge in [0.25, 0.3) is 0 Å². The number of thiazole rings is 1. The van der Waals surface area contributed by atoms with Gasteiger partial charge in [-0.1, -0.05) is 18.2 Å². The fourth-order valence-electron chi connectivity index (χ4n) is 4.11. The maximum absolute atomic E-state index is 11.6. The lowest BCUT2D eigenvalue weighted by atomic mass is 9.93. The number of rotatable bonds is 8. The van der Waals surface area contributed by atoms with Gasteiger partial charge in [-0.15, -0.1) is 11.3 Å². The lowest BCUT2D eigenvalue weighted by Crippen LogP contribution is -2.36. The van der Waals surface area contributed by atoms with Crippen molar-refractivity contribution in [2.24, 2.45) is 11.7 Å². The van der Waals surface area contributed by atoms with E-state index < -0.39 is 12.0 Å². The van der Waals surface area contributed by atoms with Crippen LogP contribution >= 0.6 is 11.3 Å². The lowest BCUT2D eigenvalue weighted by Gasteiger charge is -2.33. The molecule has 9 heteroatoms. The van der Waals surface area contributed by atoms with Crippen LogP contribution in [0.4, 0.5) is 10.6 Å². The number of pyridine rings is 1. The highest BCUT2D eigenvalue weighted by Crippen LogP contribution is 2.27. The van der Waals surface area contributed by atoms with E-state index in [1.807, 2.05) is 35.7 Å². The zero-order valence-corrected chi connectivity index (χ0v) is 19.1. The number of nitrogens with zero attached hydrogens (tertiary/aromatic N) is 4. The fraction of sp³-hybridized carbons (Fsp3) is 0.333. The number of anilines is 1. The second-order valence-electron chi connectivity index (χ2n) is 8.23. The van der Waals surface area contributed by atoms with Gasteiger partial charge in [-0.2, -0.15) is 0 Å². The first-order chi connectivity index (χ1) is 16.0. The molecule has 0 unspecified atom stereocenters. The van der Waals surface area contributed by atoms with E-state index in [0.717, 1.165) is 55.1 Å². The number of primary amides is 1. The van der Waals surface area contributed by atoms with Crippen LogP contribution in [0.2, 0.25) is 0 Å². The average molecular weight is 466 g/mol. The van der Waals surface area contributed by atoms with Crippen molar-refractivity contribution >= 4 is 29.2 Å². The number of carboxylic acid groups (broad SMARTS) is 1. The normalized spacial score (nSPS) is 14.2. The van der Waals surface area contributed by atoms with Crippen molar-refractivity contribution in [1.29, 1.82) is 0 Å². The minimum atomic E-state index is -0.898. The van der Waals surface area contributed by atoms with Crippen molar-refractivity contribution in [2.75, 3.05) is 24.5 Å². The molecule has 1 saturated heterocycles. The average Bonchev–Trinajstić information content (AvgIpc) is 3.35. The van der Waals surface area contributed by atoms with Crippen molar-refractivity contribution < 1.29 is 14.7 Å². The van der Waals surface area contributed by atoms with Gasteiger partial charge >= 0.3 is 6.09 Å². The molecule has 0 radical (unpaired) electrons. The Morgan fingerprint density at radius 2 is 1.91 bits per heavy atom. The summed E-state index contributed by atoms with van der Waals surface area (Å²) in [5.74, 6) is 0.976. The Labute approximate surface area is 196 Å². The molecule has 2 amide bonds. The fourth-order valence-corrected chi connectivity index (χ4v) is 4.66. The molecule has 1 aliphatic heterocycles. The van der Waals surface area contributed by atoms with Crippen LogP contribution in [0.15, 0.2) is 53.4 Å².